The molecular weight excluding hydrogens is 160 g/mol. The van der Waals surface area contributed by atoms with Gasteiger partial charge in [-0.25, -0.2) is 0 Å². The summed E-state index contributed by atoms with van der Waals surface area (Å²) in [4.78, 5) is 0. The van der Waals surface area contributed by atoms with Gasteiger partial charge in [0.1, 0.15) is 5.54 Å². The second-order valence-corrected chi connectivity index (χ2v) is 2.58. The fraction of sp³-hybridized carbons (Fsp3) is 0.571. The Morgan fingerprint density at radius 3 is 2.17 bits per heavy atom. The van der Waals surface area contributed by atoms with Crippen LogP contribution in [0.25, 0.3) is 0 Å². The van der Waals surface area contributed by atoms with Crippen LogP contribution in [-0.2, 0) is 5.54 Å². The first-order chi connectivity index (χ1) is 5.79. The molecule has 0 saturated heterocycles. The Kier molecular flexibility index (Phi) is 2.80. The van der Waals surface area contributed by atoms with Crippen molar-refractivity contribution in [2.45, 2.75) is 5.54 Å². The van der Waals surface area contributed by atoms with E-state index in [1.54, 1.807) is 0 Å². The van der Waals surface area contributed by atoms with Gasteiger partial charge in [0.15, 0.2) is 0 Å². The summed E-state index contributed by atoms with van der Waals surface area (Å²) in [5.41, 5.74) is -1.11. The van der Waals surface area contributed by atoms with E-state index < -0.39 is 5.54 Å². The molecule has 5 nitrogen and oxygen atoms in total. The maximum atomic E-state index is 8.95. The van der Waals surface area contributed by atoms with Crippen LogP contribution in [0.15, 0.2) is 12.4 Å². The lowest BCUT2D eigenvalue weighted by Gasteiger charge is -2.27. The molecule has 0 aliphatic rings. The fourth-order valence-corrected chi connectivity index (χ4v) is 0.860. The number of aromatic nitrogens is 2. The molecule has 0 unspecified atom stereocenters. The highest BCUT2D eigenvalue weighted by Crippen LogP contribution is 2.12. The molecule has 0 fully saturated rings. The van der Waals surface area contributed by atoms with Crippen LogP contribution >= 0.6 is 0 Å². The molecule has 67 valence electrons. The zero-order chi connectivity index (χ0) is 9.03. The number of hydrogen-bond acceptors (Lipinski definition) is 4. The maximum Gasteiger partial charge on any atom is 0.131 e. The second-order valence-electron chi connectivity index (χ2n) is 2.58. The third-order valence-electron chi connectivity index (χ3n) is 1.82. The van der Waals surface area contributed by atoms with Crippen molar-refractivity contribution in [2.24, 2.45) is 0 Å². The Bertz CT molecular complexity index is 210. The van der Waals surface area contributed by atoms with Gasteiger partial charge in [-0.2, -0.15) is 5.10 Å². The summed E-state index contributed by atoms with van der Waals surface area (Å²) >= 11 is 0. The first-order valence-corrected chi connectivity index (χ1v) is 3.53. The lowest BCUT2D eigenvalue weighted by Crippen LogP contribution is -2.45. The highest BCUT2D eigenvalue weighted by molar-refractivity contribution is 4.88. The molecule has 0 aliphatic carbocycles. The fourth-order valence-electron chi connectivity index (χ4n) is 0.860. The lowest BCUT2D eigenvalue weighted by molar-refractivity contribution is 0.00686. The van der Waals surface area contributed by atoms with Gasteiger partial charge in [0.2, 0.25) is 0 Å². The minimum atomic E-state index is -1.11. The SMILES string of the molecule is OCC(CO)(CO)n1c[c]cn1. The molecule has 1 aromatic heterocycles. The normalized spacial score (nSPS) is 11.9. The molecule has 3 N–H and O–H groups in total. The van der Waals surface area contributed by atoms with Crippen LogP contribution in [0.1, 0.15) is 0 Å². The van der Waals surface area contributed by atoms with Crippen molar-refractivity contribution in [3.05, 3.63) is 18.5 Å². The summed E-state index contributed by atoms with van der Waals surface area (Å²) < 4.78 is 1.30. The molecule has 12 heavy (non-hydrogen) atoms. The summed E-state index contributed by atoms with van der Waals surface area (Å²) in [5.74, 6) is 0. The lowest BCUT2D eigenvalue weighted by atomic mass is 10.0. The smallest absolute Gasteiger partial charge is 0.131 e. The predicted molar refractivity (Wildman–Crippen MR) is 40.3 cm³/mol. The number of aliphatic hydroxyl groups excluding tert-OH is 3. The summed E-state index contributed by atoms with van der Waals surface area (Å²) in [5, 5.41) is 30.6. The van der Waals surface area contributed by atoms with Crippen LogP contribution in [0.5, 0.6) is 0 Å². The molecule has 0 spiro atoms. The Labute approximate surface area is 69.9 Å². The topological polar surface area (TPSA) is 78.5 Å². The Morgan fingerprint density at radius 1 is 1.25 bits per heavy atom. The van der Waals surface area contributed by atoms with Crippen LogP contribution < -0.4 is 0 Å². The van der Waals surface area contributed by atoms with Gasteiger partial charge in [-0.15, -0.1) is 0 Å². The van der Waals surface area contributed by atoms with Gasteiger partial charge < -0.3 is 15.3 Å². The van der Waals surface area contributed by atoms with Gasteiger partial charge in [-0.3, -0.25) is 4.68 Å². The van der Waals surface area contributed by atoms with Crippen LogP contribution in [-0.4, -0.2) is 44.9 Å². The van der Waals surface area contributed by atoms with E-state index in [0.717, 1.165) is 0 Å². The first-order valence-electron chi connectivity index (χ1n) is 3.53. The van der Waals surface area contributed by atoms with Crippen molar-refractivity contribution in [3.8, 4) is 0 Å². The summed E-state index contributed by atoms with van der Waals surface area (Å²) in [6, 6.07) is 2.66. The molecule has 0 saturated carbocycles. The maximum absolute atomic E-state index is 8.95. The average molecular weight is 171 g/mol. The van der Waals surface area contributed by atoms with Gasteiger partial charge in [0, 0.05) is 12.3 Å². The van der Waals surface area contributed by atoms with E-state index in [9.17, 15) is 0 Å². The number of nitrogens with zero attached hydrogens (tertiary/aromatic N) is 2. The molecule has 1 heterocycles. The van der Waals surface area contributed by atoms with Crippen molar-refractivity contribution in [1.29, 1.82) is 0 Å². The molecule has 0 aromatic carbocycles. The van der Waals surface area contributed by atoms with Crippen LogP contribution in [0.3, 0.4) is 0 Å². The summed E-state index contributed by atoms with van der Waals surface area (Å²) in [6.07, 6.45) is 2.86. The molecule has 0 amide bonds. The molecular formula is C7H11N2O3. The number of rotatable bonds is 4. The van der Waals surface area contributed by atoms with E-state index in [1.807, 2.05) is 0 Å². The van der Waals surface area contributed by atoms with Crippen molar-refractivity contribution in [2.75, 3.05) is 19.8 Å². The zero-order valence-corrected chi connectivity index (χ0v) is 6.51. The molecule has 0 atom stereocenters. The monoisotopic (exact) mass is 171 g/mol. The van der Waals surface area contributed by atoms with Gasteiger partial charge in [-0.05, 0) is 0 Å². The summed E-state index contributed by atoms with van der Waals surface area (Å²) in [7, 11) is 0. The van der Waals surface area contributed by atoms with E-state index in [-0.39, 0.29) is 19.8 Å². The third-order valence-corrected chi connectivity index (χ3v) is 1.82. The summed E-state index contributed by atoms with van der Waals surface area (Å²) in [6.45, 7) is -1.10. The van der Waals surface area contributed by atoms with Crippen LogP contribution in [0.4, 0.5) is 0 Å². The number of aliphatic hydroxyl groups is 3. The van der Waals surface area contributed by atoms with Gasteiger partial charge in [0.25, 0.3) is 0 Å². The number of hydrogen-bond donors (Lipinski definition) is 3. The quantitative estimate of drug-likeness (QED) is 0.507. The van der Waals surface area contributed by atoms with Crippen molar-refractivity contribution < 1.29 is 15.3 Å². The van der Waals surface area contributed by atoms with E-state index >= 15 is 0 Å². The van der Waals surface area contributed by atoms with E-state index in [2.05, 4.69) is 11.2 Å². The van der Waals surface area contributed by atoms with Gasteiger partial charge in [-0.1, -0.05) is 0 Å². The highest BCUT2D eigenvalue weighted by Gasteiger charge is 2.30. The van der Waals surface area contributed by atoms with Crippen molar-refractivity contribution in [3.63, 3.8) is 0 Å². The second kappa shape index (κ2) is 3.66. The molecule has 1 rings (SSSR count). The minimum absolute atomic E-state index is 0.366. The largest absolute Gasteiger partial charge is 0.394 e. The Hall–Kier alpha value is -0.910. The average Bonchev–Trinajstić information content (AvgIpc) is 2.62. The van der Waals surface area contributed by atoms with E-state index in [4.69, 9.17) is 15.3 Å². The molecule has 0 bridgehead atoms. The van der Waals surface area contributed by atoms with Crippen molar-refractivity contribution >= 4 is 0 Å². The van der Waals surface area contributed by atoms with Gasteiger partial charge >= 0.3 is 0 Å². The standard InChI is InChI=1S/C7H11N2O3/c10-4-7(5-11,6-12)9-3-1-2-8-9/h2-3,10-12H,4-6H2. The minimum Gasteiger partial charge on any atom is -0.394 e. The zero-order valence-electron chi connectivity index (χ0n) is 6.51. The van der Waals surface area contributed by atoms with Gasteiger partial charge in [0.05, 0.1) is 26.0 Å². The third kappa shape index (κ3) is 1.34. The van der Waals surface area contributed by atoms with E-state index in [1.165, 1.54) is 17.1 Å². The Morgan fingerprint density at radius 2 is 1.83 bits per heavy atom. The van der Waals surface area contributed by atoms with Crippen molar-refractivity contribution in [1.82, 2.24) is 9.78 Å². The van der Waals surface area contributed by atoms with Crippen LogP contribution in [0, 0.1) is 6.07 Å². The van der Waals surface area contributed by atoms with E-state index in [0.29, 0.717) is 0 Å². The van der Waals surface area contributed by atoms with Crippen LogP contribution in [0.2, 0.25) is 0 Å². The molecule has 1 radical (unpaired) electrons. The predicted octanol–water partition coefficient (Wildman–Crippen LogP) is -1.64. The molecule has 5 heteroatoms. The Balaban J connectivity index is 2.93. The first kappa shape index (κ1) is 9.18. The molecule has 0 aliphatic heterocycles. The highest BCUT2D eigenvalue weighted by atomic mass is 16.3. The molecule has 1 aromatic rings.